The predicted octanol–water partition coefficient (Wildman–Crippen LogP) is 5.40. The van der Waals surface area contributed by atoms with E-state index in [1.807, 2.05) is 68.1 Å². The molecular weight excluding hydrogens is 408 g/mol. The van der Waals surface area contributed by atoms with Crippen molar-refractivity contribution in [2.75, 3.05) is 14.2 Å². The molecule has 1 aliphatic rings. The van der Waals surface area contributed by atoms with E-state index in [0.29, 0.717) is 23.0 Å². The number of benzene rings is 3. The summed E-state index contributed by atoms with van der Waals surface area (Å²) in [7, 11) is 1.46. The fourth-order valence-electron chi connectivity index (χ4n) is 3.24. The minimum absolute atomic E-state index is 0.593. The van der Waals surface area contributed by atoms with E-state index < -0.39 is 9.28 Å². The second kappa shape index (κ2) is 9.05. The molecule has 0 atom stereocenters. The number of methoxy groups -OCH3 is 2. The molecule has 0 amide bonds. The third kappa shape index (κ3) is 4.46. The van der Waals surface area contributed by atoms with E-state index in [1.165, 1.54) is 0 Å². The van der Waals surface area contributed by atoms with Gasteiger partial charge in [-0.2, -0.15) is 0 Å². The maximum atomic E-state index is 6.26. The van der Waals surface area contributed by atoms with Crippen molar-refractivity contribution in [3.05, 3.63) is 71.3 Å². The number of ether oxygens (including phenoxy) is 2. The van der Waals surface area contributed by atoms with E-state index in [4.69, 9.17) is 28.3 Å². The number of para-hydroxylation sites is 2. The van der Waals surface area contributed by atoms with Crippen LogP contribution in [0.15, 0.2) is 64.6 Å². The second-order valence-electron chi connectivity index (χ2n) is 6.96. The highest BCUT2D eigenvalue weighted by Gasteiger charge is 2.22. The van der Waals surface area contributed by atoms with Gasteiger partial charge < -0.3 is 18.3 Å². The third-order valence-electron chi connectivity index (χ3n) is 4.77. The van der Waals surface area contributed by atoms with E-state index in [-0.39, 0.29) is 0 Å². The largest absolute Gasteiger partial charge is 0.529 e. The highest BCUT2D eigenvalue weighted by atomic mass is 28.3. The van der Waals surface area contributed by atoms with Crippen LogP contribution in [0.1, 0.15) is 16.7 Å². The lowest BCUT2D eigenvalue weighted by Crippen LogP contribution is -2.27. The van der Waals surface area contributed by atoms with Gasteiger partial charge in [-0.3, -0.25) is 9.98 Å². The van der Waals surface area contributed by atoms with Gasteiger partial charge in [-0.05, 0) is 48.9 Å². The first-order chi connectivity index (χ1) is 15.1. The highest BCUT2D eigenvalue weighted by Crippen LogP contribution is 2.36. The molecular formula is C24H23N2O4Si. The van der Waals surface area contributed by atoms with E-state index in [1.54, 1.807) is 26.6 Å². The fraction of sp³-hybridized carbons (Fsp3) is 0.167. The molecule has 0 fully saturated rings. The Morgan fingerprint density at radius 2 is 1.29 bits per heavy atom. The highest BCUT2D eigenvalue weighted by molar-refractivity contribution is 6.44. The Morgan fingerprint density at radius 1 is 0.742 bits per heavy atom. The molecule has 1 heterocycles. The number of aliphatic imine (C=N–C) groups is 2. The Balaban J connectivity index is 1.92. The van der Waals surface area contributed by atoms with Crippen molar-refractivity contribution in [1.29, 1.82) is 0 Å². The van der Waals surface area contributed by atoms with Crippen molar-refractivity contribution in [2.24, 2.45) is 9.98 Å². The number of hydrogen-bond donors (Lipinski definition) is 0. The van der Waals surface area contributed by atoms with Crippen LogP contribution in [0, 0.1) is 6.92 Å². The van der Waals surface area contributed by atoms with Gasteiger partial charge in [-0.15, -0.1) is 0 Å². The van der Waals surface area contributed by atoms with Crippen LogP contribution in [-0.4, -0.2) is 35.9 Å². The molecule has 3 aromatic carbocycles. The van der Waals surface area contributed by atoms with E-state index in [2.05, 4.69) is 0 Å². The first-order valence-electron chi connectivity index (χ1n) is 9.81. The van der Waals surface area contributed by atoms with Crippen molar-refractivity contribution in [3.8, 4) is 23.0 Å². The van der Waals surface area contributed by atoms with Gasteiger partial charge in [-0.1, -0.05) is 18.2 Å². The van der Waals surface area contributed by atoms with Gasteiger partial charge in [0.2, 0.25) is 0 Å². The SMILES string of the molecule is COc1cccc2c1O[Si](C)Oc1c(cccc1OC)C=Nc1cc(C)ccc1N=C2. The maximum absolute atomic E-state index is 6.26. The summed E-state index contributed by atoms with van der Waals surface area (Å²) in [5.74, 6) is 2.42. The summed E-state index contributed by atoms with van der Waals surface area (Å²) < 4.78 is 23.6. The Hall–Kier alpha value is -3.58. The number of rotatable bonds is 2. The smallest absolute Gasteiger partial charge is 0.506 e. The molecule has 1 radical (unpaired) electrons. The predicted molar refractivity (Wildman–Crippen MR) is 125 cm³/mol. The van der Waals surface area contributed by atoms with E-state index >= 15 is 0 Å². The third-order valence-corrected chi connectivity index (χ3v) is 5.75. The van der Waals surface area contributed by atoms with Crippen molar-refractivity contribution in [3.63, 3.8) is 0 Å². The van der Waals surface area contributed by atoms with Crippen LogP contribution in [-0.2, 0) is 0 Å². The topological polar surface area (TPSA) is 61.6 Å². The molecule has 6 nitrogen and oxygen atoms in total. The zero-order valence-electron chi connectivity index (χ0n) is 17.9. The van der Waals surface area contributed by atoms with Crippen molar-refractivity contribution < 1.29 is 18.3 Å². The summed E-state index contributed by atoms with van der Waals surface area (Å²) in [4.78, 5) is 9.41. The van der Waals surface area contributed by atoms with Gasteiger partial charge in [0.05, 0.1) is 25.6 Å². The van der Waals surface area contributed by atoms with Crippen LogP contribution < -0.4 is 18.3 Å². The van der Waals surface area contributed by atoms with Crippen molar-refractivity contribution in [2.45, 2.75) is 13.5 Å². The molecule has 31 heavy (non-hydrogen) atoms. The summed E-state index contributed by atoms with van der Waals surface area (Å²) in [6, 6.07) is 17.4. The zero-order chi connectivity index (χ0) is 21.8. The van der Waals surface area contributed by atoms with Gasteiger partial charge in [0, 0.05) is 30.1 Å². The molecule has 0 aromatic heterocycles. The molecule has 0 N–H and O–H groups in total. The maximum Gasteiger partial charge on any atom is 0.529 e. The van der Waals surface area contributed by atoms with Crippen molar-refractivity contribution in [1.82, 2.24) is 0 Å². The lowest BCUT2D eigenvalue weighted by molar-refractivity contribution is 0.360. The van der Waals surface area contributed by atoms with Gasteiger partial charge in [0.25, 0.3) is 0 Å². The second-order valence-corrected chi connectivity index (χ2v) is 8.35. The average Bonchev–Trinajstić information content (AvgIpc) is 2.78. The monoisotopic (exact) mass is 431 g/mol. The molecule has 0 spiro atoms. The molecule has 7 heteroatoms. The van der Waals surface area contributed by atoms with Gasteiger partial charge in [0.1, 0.15) is 0 Å². The number of hydrogen-bond acceptors (Lipinski definition) is 6. The molecule has 0 aliphatic carbocycles. The van der Waals surface area contributed by atoms with Crippen LogP contribution in [0.5, 0.6) is 23.0 Å². The fourth-order valence-corrected chi connectivity index (χ4v) is 4.29. The molecule has 0 unspecified atom stereocenters. The van der Waals surface area contributed by atoms with Crippen molar-refractivity contribution >= 4 is 33.1 Å². The molecule has 3 aromatic rings. The Morgan fingerprint density at radius 3 is 1.84 bits per heavy atom. The molecule has 1 aliphatic heterocycles. The molecule has 4 rings (SSSR count). The minimum Gasteiger partial charge on any atom is -0.506 e. The normalized spacial score (nSPS) is 13.3. The number of aryl methyl sites for hydroxylation is 1. The zero-order valence-corrected chi connectivity index (χ0v) is 18.9. The number of fused-ring (bicyclic) bond motifs is 3. The van der Waals surface area contributed by atoms with Gasteiger partial charge in [0.15, 0.2) is 23.0 Å². The molecule has 157 valence electrons. The average molecular weight is 432 g/mol. The van der Waals surface area contributed by atoms with Gasteiger partial charge in [-0.25, -0.2) is 0 Å². The standard InChI is InChI=1S/C24H23N2O4Si/c1-16-11-12-19-20(13-16)26-15-18-8-6-10-22(28-3)24(18)30-31(4)29-23-17(14-25-19)7-5-9-21(23)27-2/h5-15H,1-4H3. The number of nitrogens with zero attached hydrogens (tertiary/aromatic N) is 2. The summed E-state index contributed by atoms with van der Waals surface area (Å²) >= 11 is 0. The Labute approximate surface area is 183 Å². The van der Waals surface area contributed by atoms with Crippen LogP contribution in [0.25, 0.3) is 0 Å². The van der Waals surface area contributed by atoms with E-state index in [9.17, 15) is 0 Å². The summed E-state index contributed by atoms with van der Waals surface area (Å²) in [5, 5.41) is 0. The van der Waals surface area contributed by atoms with Crippen LogP contribution in [0.4, 0.5) is 11.4 Å². The summed E-state index contributed by atoms with van der Waals surface area (Å²) in [6.45, 7) is 3.95. The van der Waals surface area contributed by atoms with Crippen LogP contribution >= 0.6 is 0 Å². The quantitative estimate of drug-likeness (QED) is 0.510. The first kappa shape index (κ1) is 20.7. The Kier molecular flexibility index (Phi) is 6.04. The molecule has 0 saturated carbocycles. The Bertz CT molecular complexity index is 1160. The summed E-state index contributed by atoms with van der Waals surface area (Å²) in [5.41, 5.74) is 4.20. The molecule has 0 saturated heterocycles. The lowest BCUT2D eigenvalue weighted by Gasteiger charge is -2.19. The van der Waals surface area contributed by atoms with Gasteiger partial charge >= 0.3 is 9.28 Å². The van der Waals surface area contributed by atoms with E-state index in [0.717, 1.165) is 28.1 Å². The lowest BCUT2D eigenvalue weighted by atomic mass is 10.1. The molecule has 0 bridgehead atoms. The first-order valence-corrected chi connectivity index (χ1v) is 11.6. The minimum atomic E-state index is -1.77. The summed E-state index contributed by atoms with van der Waals surface area (Å²) in [6.07, 6.45) is 3.54. The van der Waals surface area contributed by atoms with Crippen LogP contribution in [0.3, 0.4) is 0 Å². The van der Waals surface area contributed by atoms with Crippen LogP contribution in [0.2, 0.25) is 6.55 Å².